The molecule has 118 valence electrons. The van der Waals surface area contributed by atoms with Crippen molar-refractivity contribution in [2.45, 2.75) is 43.8 Å². The molecule has 1 fully saturated rings. The first-order valence-electron chi connectivity index (χ1n) is 6.91. The maximum Gasteiger partial charge on any atom is 0.391 e. The summed E-state index contributed by atoms with van der Waals surface area (Å²) in [4.78, 5) is 0. The highest BCUT2D eigenvalue weighted by Gasteiger charge is 2.44. The second kappa shape index (κ2) is 6.16. The summed E-state index contributed by atoms with van der Waals surface area (Å²) in [5, 5.41) is 0. The molecular weight excluding hydrogens is 347 g/mol. The third-order valence-electron chi connectivity index (χ3n) is 4.24. The number of nitrogens with two attached hydrogens (primary N) is 1. The Bertz CT molecular complexity index is 496. The lowest BCUT2D eigenvalue weighted by molar-refractivity contribution is -0.184. The van der Waals surface area contributed by atoms with Crippen LogP contribution in [0.2, 0.25) is 0 Å². The van der Waals surface area contributed by atoms with Gasteiger partial charge in [-0.2, -0.15) is 13.2 Å². The van der Waals surface area contributed by atoms with E-state index in [9.17, 15) is 13.2 Å². The number of hydrogen-bond acceptors (Lipinski definition) is 2. The van der Waals surface area contributed by atoms with Crippen LogP contribution in [0.4, 0.5) is 13.2 Å². The molecule has 0 aliphatic heterocycles. The van der Waals surface area contributed by atoms with Gasteiger partial charge in [-0.1, -0.05) is 15.9 Å². The van der Waals surface area contributed by atoms with Crippen LogP contribution in [0.1, 0.15) is 31.2 Å². The van der Waals surface area contributed by atoms with Crippen molar-refractivity contribution in [2.24, 2.45) is 11.7 Å². The minimum Gasteiger partial charge on any atom is -0.497 e. The number of alkyl halides is 3. The fraction of sp³-hybridized carbons (Fsp3) is 0.600. The summed E-state index contributed by atoms with van der Waals surface area (Å²) >= 11 is 3.46. The minimum absolute atomic E-state index is 0.113. The van der Waals surface area contributed by atoms with Crippen molar-refractivity contribution in [1.29, 1.82) is 0 Å². The van der Waals surface area contributed by atoms with E-state index in [0.717, 1.165) is 15.8 Å². The standard InChI is InChI=1S/C15H19BrF3NO/c1-21-12-2-3-13(16)10(8-12)9-14(20)6-4-11(5-7-14)15(17,18)19/h2-3,8,11H,4-7,9,20H2,1H3. The molecule has 2 N–H and O–H groups in total. The smallest absolute Gasteiger partial charge is 0.391 e. The summed E-state index contributed by atoms with van der Waals surface area (Å²) in [6.07, 6.45) is -2.54. The first kappa shape index (κ1) is 16.6. The van der Waals surface area contributed by atoms with E-state index in [-0.39, 0.29) is 12.8 Å². The van der Waals surface area contributed by atoms with Crippen molar-refractivity contribution in [3.05, 3.63) is 28.2 Å². The first-order chi connectivity index (χ1) is 9.73. The van der Waals surface area contributed by atoms with Crippen molar-refractivity contribution < 1.29 is 17.9 Å². The molecule has 21 heavy (non-hydrogen) atoms. The molecule has 0 atom stereocenters. The monoisotopic (exact) mass is 365 g/mol. The molecule has 0 spiro atoms. The molecule has 1 aromatic carbocycles. The molecule has 2 rings (SSSR count). The average molecular weight is 366 g/mol. The molecule has 0 bridgehead atoms. The van der Waals surface area contributed by atoms with Crippen LogP contribution in [0.3, 0.4) is 0 Å². The lowest BCUT2D eigenvalue weighted by Gasteiger charge is -2.38. The van der Waals surface area contributed by atoms with Crippen LogP contribution >= 0.6 is 15.9 Å². The van der Waals surface area contributed by atoms with Crippen molar-refractivity contribution in [3.63, 3.8) is 0 Å². The molecule has 6 heteroatoms. The Hall–Kier alpha value is -0.750. The van der Waals surface area contributed by atoms with Gasteiger partial charge in [-0.3, -0.25) is 0 Å². The number of benzene rings is 1. The molecule has 0 radical (unpaired) electrons. The molecule has 1 aliphatic rings. The molecule has 2 nitrogen and oxygen atoms in total. The van der Waals surface area contributed by atoms with E-state index < -0.39 is 17.6 Å². The van der Waals surface area contributed by atoms with Gasteiger partial charge in [0.15, 0.2) is 0 Å². The Morgan fingerprint density at radius 1 is 1.33 bits per heavy atom. The van der Waals surface area contributed by atoms with Crippen LogP contribution < -0.4 is 10.5 Å². The highest BCUT2D eigenvalue weighted by molar-refractivity contribution is 9.10. The van der Waals surface area contributed by atoms with Gasteiger partial charge in [-0.25, -0.2) is 0 Å². The van der Waals surface area contributed by atoms with Gasteiger partial charge in [0.2, 0.25) is 0 Å². The molecule has 0 saturated heterocycles. The quantitative estimate of drug-likeness (QED) is 0.858. The van der Waals surface area contributed by atoms with Crippen LogP contribution in [-0.2, 0) is 6.42 Å². The zero-order valence-electron chi connectivity index (χ0n) is 11.8. The molecular formula is C15H19BrF3NO. The van der Waals surface area contributed by atoms with Crippen LogP contribution in [0.5, 0.6) is 5.75 Å². The van der Waals surface area contributed by atoms with E-state index in [1.165, 1.54) is 0 Å². The Labute approximate surface area is 131 Å². The normalized spacial score (nSPS) is 26.7. The Morgan fingerprint density at radius 3 is 2.48 bits per heavy atom. The fourth-order valence-corrected chi connectivity index (χ4v) is 3.28. The first-order valence-corrected chi connectivity index (χ1v) is 7.71. The van der Waals surface area contributed by atoms with E-state index in [4.69, 9.17) is 10.5 Å². The van der Waals surface area contributed by atoms with Gasteiger partial charge in [-0.05, 0) is 55.9 Å². The largest absolute Gasteiger partial charge is 0.497 e. The van der Waals surface area contributed by atoms with Gasteiger partial charge in [0.25, 0.3) is 0 Å². The average Bonchev–Trinajstić information content (AvgIpc) is 2.40. The SMILES string of the molecule is COc1ccc(Br)c(CC2(N)CCC(C(F)(F)F)CC2)c1. The molecule has 0 aromatic heterocycles. The lowest BCUT2D eigenvalue weighted by atomic mass is 9.74. The van der Waals surface area contributed by atoms with Gasteiger partial charge < -0.3 is 10.5 Å². The molecule has 0 amide bonds. The summed E-state index contributed by atoms with van der Waals surface area (Å²) in [7, 11) is 1.58. The Morgan fingerprint density at radius 2 is 1.95 bits per heavy atom. The number of hydrogen-bond donors (Lipinski definition) is 1. The van der Waals surface area contributed by atoms with E-state index in [0.29, 0.717) is 19.3 Å². The third kappa shape index (κ3) is 4.13. The number of ether oxygens (including phenoxy) is 1. The van der Waals surface area contributed by atoms with Crippen molar-refractivity contribution >= 4 is 15.9 Å². The van der Waals surface area contributed by atoms with E-state index in [1.807, 2.05) is 18.2 Å². The summed E-state index contributed by atoms with van der Waals surface area (Å²) in [5.74, 6) is -0.483. The molecule has 0 unspecified atom stereocenters. The number of rotatable bonds is 3. The molecule has 1 aliphatic carbocycles. The second-order valence-corrected chi connectivity index (χ2v) is 6.67. The maximum absolute atomic E-state index is 12.7. The summed E-state index contributed by atoms with van der Waals surface area (Å²) in [5.41, 5.74) is 6.73. The van der Waals surface area contributed by atoms with Crippen molar-refractivity contribution in [2.75, 3.05) is 7.11 Å². The van der Waals surface area contributed by atoms with Gasteiger partial charge in [0.05, 0.1) is 13.0 Å². The van der Waals surface area contributed by atoms with Crippen LogP contribution in [0.25, 0.3) is 0 Å². The number of methoxy groups -OCH3 is 1. The van der Waals surface area contributed by atoms with Crippen molar-refractivity contribution in [1.82, 2.24) is 0 Å². The predicted molar refractivity (Wildman–Crippen MR) is 79.3 cm³/mol. The maximum atomic E-state index is 12.7. The topological polar surface area (TPSA) is 35.2 Å². The van der Waals surface area contributed by atoms with Gasteiger partial charge >= 0.3 is 6.18 Å². The highest BCUT2D eigenvalue weighted by Crippen LogP contribution is 2.42. The minimum atomic E-state index is -4.10. The van der Waals surface area contributed by atoms with Crippen LogP contribution in [0.15, 0.2) is 22.7 Å². The Balaban J connectivity index is 2.07. The third-order valence-corrected chi connectivity index (χ3v) is 5.01. The Kier molecular flexibility index (Phi) is 4.88. The lowest BCUT2D eigenvalue weighted by Crippen LogP contribution is -2.47. The molecule has 1 aromatic rings. The van der Waals surface area contributed by atoms with E-state index in [2.05, 4.69) is 15.9 Å². The van der Waals surface area contributed by atoms with Crippen LogP contribution in [0, 0.1) is 5.92 Å². The van der Waals surface area contributed by atoms with Crippen LogP contribution in [-0.4, -0.2) is 18.8 Å². The van der Waals surface area contributed by atoms with Gasteiger partial charge in [0, 0.05) is 10.0 Å². The fourth-order valence-electron chi connectivity index (χ4n) is 2.89. The molecule has 0 heterocycles. The van der Waals surface area contributed by atoms with Crippen molar-refractivity contribution in [3.8, 4) is 5.75 Å². The predicted octanol–water partition coefficient (Wildman–Crippen LogP) is 4.45. The summed E-state index contributed by atoms with van der Waals surface area (Å²) < 4.78 is 44.2. The summed E-state index contributed by atoms with van der Waals surface area (Å²) in [6.45, 7) is 0. The highest BCUT2D eigenvalue weighted by atomic mass is 79.9. The zero-order valence-corrected chi connectivity index (χ0v) is 13.4. The van der Waals surface area contributed by atoms with E-state index >= 15 is 0 Å². The number of halogens is 4. The second-order valence-electron chi connectivity index (χ2n) is 5.81. The van der Waals surface area contributed by atoms with Gasteiger partial charge in [0.1, 0.15) is 5.75 Å². The molecule has 1 saturated carbocycles. The summed E-state index contributed by atoms with van der Waals surface area (Å²) in [6, 6.07) is 5.59. The van der Waals surface area contributed by atoms with E-state index in [1.54, 1.807) is 7.11 Å². The van der Waals surface area contributed by atoms with Gasteiger partial charge in [-0.15, -0.1) is 0 Å². The zero-order chi connectivity index (χ0) is 15.7.